The molecule has 1 aromatic heterocycles. The average Bonchev–Trinajstić information content (AvgIpc) is 2.64. The van der Waals surface area contributed by atoms with Gasteiger partial charge in [-0.3, -0.25) is 0 Å². The van der Waals surface area contributed by atoms with Crippen molar-refractivity contribution in [2.24, 2.45) is 0 Å². The molecule has 1 heterocycles. The van der Waals surface area contributed by atoms with E-state index < -0.39 is 5.82 Å². The standard InChI is InChI=1S/C11H8FN3/c1-8-14-4-5-15(8)11-3-2-9(7-13)6-10(11)12/h2-6H,1H3. The van der Waals surface area contributed by atoms with Crippen molar-refractivity contribution in [1.82, 2.24) is 9.55 Å². The molecule has 0 bridgehead atoms. The van der Waals surface area contributed by atoms with Crippen molar-refractivity contribution in [3.05, 3.63) is 47.8 Å². The fourth-order valence-electron chi connectivity index (χ4n) is 1.40. The van der Waals surface area contributed by atoms with Gasteiger partial charge in [0.1, 0.15) is 11.6 Å². The van der Waals surface area contributed by atoms with E-state index in [4.69, 9.17) is 5.26 Å². The highest BCUT2D eigenvalue weighted by Gasteiger charge is 2.07. The Morgan fingerprint density at radius 2 is 2.27 bits per heavy atom. The van der Waals surface area contributed by atoms with Gasteiger partial charge in [0.2, 0.25) is 0 Å². The zero-order valence-corrected chi connectivity index (χ0v) is 8.11. The normalized spacial score (nSPS) is 9.93. The summed E-state index contributed by atoms with van der Waals surface area (Å²) in [6.07, 6.45) is 3.28. The molecule has 0 unspecified atom stereocenters. The maximum Gasteiger partial charge on any atom is 0.148 e. The Labute approximate surface area is 86.4 Å². The average molecular weight is 201 g/mol. The summed E-state index contributed by atoms with van der Waals surface area (Å²) in [5.41, 5.74) is 0.720. The van der Waals surface area contributed by atoms with E-state index >= 15 is 0 Å². The van der Waals surface area contributed by atoms with Crippen LogP contribution in [-0.4, -0.2) is 9.55 Å². The Balaban J connectivity index is 2.56. The number of imidazole rings is 1. The molecule has 4 heteroatoms. The number of benzene rings is 1. The Morgan fingerprint density at radius 1 is 1.47 bits per heavy atom. The minimum Gasteiger partial charge on any atom is -0.301 e. The largest absolute Gasteiger partial charge is 0.301 e. The van der Waals surface area contributed by atoms with Crippen LogP contribution < -0.4 is 0 Å². The maximum atomic E-state index is 13.6. The molecule has 0 atom stereocenters. The van der Waals surface area contributed by atoms with Gasteiger partial charge in [-0.15, -0.1) is 0 Å². The van der Waals surface area contributed by atoms with Crippen LogP contribution >= 0.6 is 0 Å². The highest BCUT2D eigenvalue weighted by atomic mass is 19.1. The van der Waals surface area contributed by atoms with E-state index in [2.05, 4.69) is 4.98 Å². The summed E-state index contributed by atoms with van der Waals surface area (Å²) in [7, 11) is 0. The minimum atomic E-state index is -0.421. The summed E-state index contributed by atoms with van der Waals surface area (Å²) in [5, 5.41) is 8.60. The van der Waals surface area contributed by atoms with Crippen LogP contribution in [0.15, 0.2) is 30.6 Å². The molecule has 74 valence electrons. The molecule has 0 radical (unpaired) electrons. The molecule has 2 aromatic rings. The Morgan fingerprint density at radius 3 is 2.80 bits per heavy atom. The Hall–Kier alpha value is -2.15. The molecule has 0 fully saturated rings. The van der Waals surface area contributed by atoms with Crippen molar-refractivity contribution in [2.45, 2.75) is 6.92 Å². The van der Waals surface area contributed by atoms with Gasteiger partial charge in [0.25, 0.3) is 0 Å². The summed E-state index contributed by atoms with van der Waals surface area (Å²) >= 11 is 0. The van der Waals surface area contributed by atoms with Crippen LogP contribution in [0.25, 0.3) is 5.69 Å². The third-order valence-corrected chi connectivity index (χ3v) is 2.16. The van der Waals surface area contributed by atoms with Gasteiger partial charge in [0.05, 0.1) is 17.3 Å². The summed E-state index contributed by atoms with van der Waals surface area (Å²) in [6, 6.07) is 6.26. The van der Waals surface area contributed by atoms with Crippen LogP contribution in [0.5, 0.6) is 0 Å². The second-order valence-corrected chi connectivity index (χ2v) is 3.12. The number of hydrogen-bond donors (Lipinski definition) is 0. The summed E-state index contributed by atoms with van der Waals surface area (Å²) in [6.45, 7) is 1.79. The van der Waals surface area contributed by atoms with Crippen LogP contribution in [0, 0.1) is 24.1 Å². The first-order valence-corrected chi connectivity index (χ1v) is 4.42. The lowest BCUT2D eigenvalue weighted by molar-refractivity contribution is 0.616. The van der Waals surface area contributed by atoms with Crippen molar-refractivity contribution in [2.75, 3.05) is 0 Å². The molecule has 0 saturated heterocycles. The van der Waals surface area contributed by atoms with Crippen LogP contribution in [0.4, 0.5) is 4.39 Å². The van der Waals surface area contributed by atoms with Crippen LogP contribution in [0.2, 0.25) is 0 Å². The summed E-state index contributed by atoms with van der Waals surface area (Å²) in [5.74, 6) is 0.286. The molecular formula is C11H8FN3. The molecular weight excluding hydrogens is 193 g/mol. The van der Waals surface area contributed by atoms with E-state index in [0.717, 1.165) is 0 Å². The van der Waals surface area contributed by atoms with Gasteiger partial charge in [-0.05, 0) is 25.1 Å². The lowest BCUT2D eigenvalue weighted by atomic mass is 10.2. The van der Waals surface area contributed by atoms with E-state index in [9.17, 15) is 4.39 Å². The molecule has 0 saturated carbocycles. The fourth-order valence-corrected chi connectivity index (χ4v) is 1.40. The minimum absolute atomic E-state index is 0.314. The van der Waals surface area contributed by atoms with Gasteiger partial charge in [0, 0.05) is 12.4 Å². The van der Waals surface area contributed by atoms with Gasteiger partial charge >= 0.3 is 0 Å². The van der Waals surface area contributed by atoms with E-state index in [-0.39, 0.29) is 0 Å². The highest BCUT2D eigenvalue weighted by molar-refractivity contribution is 5.41. The first kappa shape index (κ1) is 9.41. The number of rotatable bonds is 1. The van der Waals surface area contributed by atoms with Gasteiger partial charge in [-0.2, -0.15) is 5.26 Å². The molecule has 2 rings (SSSR count). The molecule has 0 amide bonds. The monoisotopic (exact) mass is 201 g/mol. The maximum absolute atomic E-state index is 13.6. The number of nitrogens with zero attached hydrogens (tertiary/aromatic N) is 3. The van der Waals surface area contributed by atoms with E-state index in [1.807, 2.05) is 6.07 Å². The topological polar surface area (TPSA) is 41.6 Å². The van der Waals surface area contributed by atoms with Crippen LogP contribution in [0.3, 0.4) is 0 Å². The summed E-state index contributed by atoms with van der Waals surface area (Å²) < 4.78 is 15.2. The van der Waals surface area contributed by atoms with Crippen molar-refractivity contribution in [3.8, 4) is 11.8 Å². The van der Waals surface area contributed by atoms with E-state index in [0.29, 0.717) is 17.1 Å². The zero-order chi connectivity index (χ0) is 10.8. The van der Waals surface area contributed by atoms with Gasteiger partial charge in [-0.25, -0.2) is 9.37 Å². The zero-order valence-electron chi connectivity index (χ0n) is 8.11. The molecule has 0 N–H and O–H groups in total. The third-order valence-electron chi connectivity index (χ3n) is 2.16. The Bertz CT molecular complexity index is 537. The molecule has 0 spiro atoms. The smallest absolute Gasteiger partial charge is 0.148 e. The van der Waals surface area contributed by atoms with Crippen molar-refractivity contribution < 1.29 is 4.39 Å². The van der Waals surface area contributed by atoms with Gasteiger partial charge in [-0.1, -0.05) is 0 Å². The van der Waals surface area contributed by atoms with Crippen LogP contribution in [-0.2, 0) is 0 Å². The van der Waals surface area contributed by atoms with Crippen LogP contribution in [0.1, 0.15) is 11.4 Å². The van der Waals surface area contributed by atoms with Gasteiger partial charge < -0.3 is 4.57 Å². The van der Waals surface area contributed by atoms with Crippen molar-refractivity contribution in [3.63, 3.8) is 0 Å². The lowest BCUT2D eigenvalue weighted by Gasteiger charge is -2.05. The number of halogens is 1. The fraction of sp³-hybridized carbons (Fsp3) is 0.0909. The van der Waals surface area contributed by atoms with Crippen molar-refractivity contribution >= 4 is 0 Å². The number of hydrogen-bond acceptors (Lipinski definition) is 2. The van der Waals surface area contributed by atoms with Crippen molar-refractivity contribution in [1.29, 1.82) is 5.26 Å². The molecule has 0 aliphatic heterocycles. The number of aryl methyl sites for hydroxylation is 1. The predicted octanol–water partition coefficient (Wildman–Crippen LogP) is 2.19. The van der Waals surface area contributed by atoms with E-state index in [1.165, 1.54) is 6.07 Å². The molecule has 15 heavy (non-hydrogen) atoms. The first-order valence-electron chi connectivity index (χ1n) is 4.42. The molecule has 3 nitrogen and oxygen atoms in total. The molecule has 0 aliphatic rings. The summed E-state index contributed by atoms with van der Waals surface area (Å²) in [4.78, 5) is 4.01. The number of aromatic nitrogens is 2. The molecule has 0 aliphatic carbocycles. The Kier molecular flexibility index (Phi) is 2.22. The lowest BCUT2D eigenvalue weighted by Crippen LogP contribution is -1.99. The quantitative estimate of drug-likeness (QED) is 0.709. The van der Waals surface area contributed by atoms with E-state index in [1.54, 1.807) is 36.0 Å². The third kappa shape index (κ3) is 1.59. The second-order valence-electron chi connectivity index (χ2n) is 3.12. The number of nitriles is 1. The highest BCUT2D eigenvalue weighted by Crippen LogP contribution is 2.16. The van der Waals surface area contributed by atoms with Gasteiger partial charge in [0.15, 0.2) is 0 Å². The first-order chi connectivity index (χ1) is 7.22. The molecule has 1 aromatic carbocycles. The predicted molar refractivity (Wildman–Crippen MR) is 53.0 cm³/mol. The SMILES string of the molecule is Cc1nccn1-c1ccc(C#N)cc1F. The second kappa shape index (κ2) is 3.54.